The summed E-state index contributed by atoms with van der Waals surface area (Å²) in [6.45, 7) is 9.07. The van der Waals surface area contributed by atoms with E-state index in [-0.39, 0.29) is 5.75 Å². The summed E-state index contributed by atoms with van der Waals surface area (Å²) in [5.41, 5.74) is 3.10. The predicted octanol–water partition coefficient (Wildman–Crippen LogP) is 5.80. The first-order chi connectivity index (χ1) is 17.4. The lowest BCUT2D eigenvalue weighted by Gasteiger charge is -2.33. The number of aliphatic hydroxyl groups is 1. The Balaban J connectivity index is 0.00000186. The van der Waals surface area contributed by atoms with Crippen LogP contribution in [0.1, 0.15) is 55.9 Å². The molecule has 3 aromatic carbocycles. The van der Waals surface area contributed by atoms with Crippen LogP contribution in [0.3, 0.4) is 0 Å². The van der Waals surface area contributed by atoms with Gasteiger partial charge in [-0.15, -0.1) is 0 Å². The average molecular weight is 525 g/mol. The maximum Gasteiger partial charge on any atom is 0.179 e. The van der Waals surface area contributed by atoms with Crippen molar-refractivity contribution in [3.63, 3.8) is 0 Å². The molecule has 0 spiro atoms. The van der Waals surface area contributed by atoms with Crippen molar-refractivity contribution in [3.05, 3.63) is 95.1 Å². The second-order valence-electron chi connectivity index (χ2n) is 11.3. The predicted molar refractivity (Wildman–Crippen MR) is 150 cm³/mol. The van der Waals surface area contributed by atoms with Crippen molar-refractivity contribution < 1.29 is 22.7 Å². The first-order valence-electron chi connectivity index (χ1n) is 13.0. The number of hydrogen-bond acceptors (Lipinski definition) is 4. The van der Waals surface area contributed by atoms with Crippen molar-refractivity contribution in [3.8, 4) is 5.75 Å². The number of sulfone groups is 1. The Morgan fingerprint density at radius 1 is 0.892 bits per heavy atom. The molecule has 200 valence electrons. The smallest absolute Gasteiger partial charge is 0.179 e. The lowest BCUT2D eigenvalue weighted by atomic mass is 9.75. The van der Waals surface area contributed by atoms with Gasteiger partial charge in [0.15, 0.2) is 9.84 Å². The molecule has 1 aliphatic rings. The lowest BCUT2D eigenvalue weighted by Crippen LogP contribution is -2.37. The Kier molecular flexibility index (Phi) is 8.89. The number of nitrogens with zero attached hydrogens (tertiary/aromatic N) is 1. The number of quaternary nitrogens is 1. The minimum atomic E-state index is -3.51. The van der Waals surface area contributed by atoms with Gasteiger partial charge in [0.1, 0.15) is 18.9 Å². The van der Waals surface area contributed by atoms with Gasteiger partial charge >= 0.3 is 0 Å². The third kappa shape index (κ3) is 7.01. The summed E-state index contributed by atoms with van der Waals surface area (Å²) in [7, 11) is 3.02. The number of benzene rings is 3. The molecule has 1 N–H and O–H groups in total. The van der Waals surface area contributed by atoms with Crippen LogP contribution in [0.4, 0.5) is 0 Å². The van der Waals surface area contributed by atoms with Crippen molar-refractivity contribution in [1.82, 2.24) is 0 Å². The van der Waals surface area contributed by atoms with Crippen LogP contribution in [0.25, 0.3) is 0 Å². The molecule has 37 heavy (non-hydrogen) atoms. The molecule has 1 aliphatic heterocycles. The zero-order valence-corrected chi connectivity index (χ0v) is 24.0. The molecule has 0 radical (unpaired) electrons. The Labute approximate surface area is 223 Å². The van der Waals surface area contributed by atoms with E-state index in [1.54, 1.807) is 12.1 Å². The van der Waals surface area contributed by atoms with Gasteiger partial charge in [-0.3, -0.25) is 0 Å². The van der Waals surface area contributed by atoms with Gasteiger partial charge in [-0.1, -0.05) is 82.3 Å². The van der Waals surface area contributed by atoms with E-state index in [2.05, 4.69) is 45.4 Å². The quantitative estimate of drug-likeness (QED) is 0.414. The van der Waals surface area contributed by atoms with Gasteiger partial charge in [0.25, 0.3) is 0 Å². The van der Waals surface area contributed by atoms with Gasteiger partial charge in [-0.05, 0) is 34.9 Å². The normalized spacial score (nSPS) is 20.1. The van der Waals surface area contributed by atoms with E-state index in [0.717, 1.165) is 27.9 Å². The van der Waals surface area contributed by atoms with Crippen LogP contribution in [-0.2, 0) is 23.0 Å². The fraction of sp³-hybridized carbons (Fsp3) is 0.419. The highest BCUT2D eigenvalue weighted by Gasteiger charge is 2.44. The molecule has 0 amide bonds. The number of ether oxygens (including phenoxy) is 1. The third-order valence-electron chi connectivity index (χ3n) is 6.59. The minimum absolute atomic E-state index is 0.0938. The number of hydrogen-bond donors (Lipinski definition) is 1. The van der Waals surface area contributed by atoms with Crippen LogP contribution in [0, 0.1) is 5.41 Å². The zero-order valence-electron chi connectivity index (χ0n) is 23.2. The summed E-state index contributed by atoms with van der Waals surface area (Å²) < 4.78 is 33.0. The van der Waals surface area contributed by atoms with E-state index in [9.17, 15) is 13.5 Å². The molecule has 0 aromatic heterocycles. The van der Waals surface area contributed by atoms with Crippen LogP contribution < -0.4 is 4.74 Å². The highest BCUT2D eigenvalue weighted by atomic mass is 32.2. The highest BCUT2D eigenvalue weighted by molar-refractivity contribution is 7.91. The molecule has 0 fully saturated rings. The molecule has 0 unspecified atom stereocenters. The van der Waals surface area contributed by atoms with Crippen LogP contribution in [0.2, 0.25) is 0 Å². The van der Waals surface area contributed by atoms with Crippen molar-refractivity contribution in [2.75, 3.05) is 26.9 Å². The Hall–Kier alpha value is -2.67. The van der Waals surface area contributed by atoms with E-state index >= 15 is 0 Å². The fourth-order valence-electron chi connectivity index (χ4n) is 4.88. The molecular weight excluding hydrogens is 482 g/mol. The SMILES string of the molecule is CC.CC1(C)CS(=O)(=O)c2ccccc2[C@H](c2ccc(OCc3ccc(C[N+](C)(C)C)cc3)cc2)[C@@H]1O. The maximum atomic E-state index is 13.1. The van der Waals surface area contributed by atoms with E-state index < -0.39 is 27.3 Å². The monoisotopic (exact) mass is 524 g/mol. The van der Waals surface area contributed by atoms with Crippen LogP contribution >= 0.6 is 0 Å². The van der Waals surface area contributed by atoms with Gasteiger partial charge in [-0.25, -0.2) is 8.42 Å². The second-order valence-corrected chi connectivity index (χ2v) is 13.3. The van der Waals surface area contributed by atoms with Gasteiger partial charge < -0.3 is 14.3 Å². The van der Waals surface area contributed by atoms with Crippen LogP contribution in [-0.4, -0.2) is 51.0 Å². The van der Waals surface area contributed by atoms with Crippen LogP contribution in [0.15, 0.2) is 77.7 Å². The summed E-state index contributed by atoms with van der Waals surface area (Å²) in [5, 5.41) is 11.3. The molecule has 3 aromatic rings. The molecular formula is C31H42NO4S+. The topological polar surface area (TPSA) is 63.6 Å². The lowest BCUT2D eigenvalue weighted by molar-refractivity contribution is -0.884. The van der Waals surface area contributed by atoms with Gasteiger partial charge in [0, 0.05) is 16.9 Å². The Morgan fingerprint density at radius 3 is 2.05 bits per heavy atom. The average Bonchev–Trinajstić information content (AvgIpc) is 2.90. The third-order valence-corrected chi connectivity index (χ3v) is 8.76. The van der Waals surface area contributed by atoms with Gasteiger partial charge in [0.2, 0.25) is 0 Å². The van der Waals surface area contributed by atoms with Gasteiger partial charge in [-0.2, -0.15) is 0 Å². The summed E-state index contributed by atoms with van der Waals surface area (Å²) in [4.78, 5) is 0.309. The molecule has 4 rings (SSSR count). The summed E-state index contributed by atoms with van der Waals surface area (Å²) >= 11 is 0. The number of aliphatic hydroxyl groups excluding tert-OH is 1. The van der Waals surface area contributed by atoms with E-state index in [1.807, 2.05) is 64.1 Å². The minimum Gasteiger partial charge on any atom is -0.489 e. The maximum absolute atomic E-state index is 13.1. The largest absolute Gasteiger partial charge is 0.489 e. The molecule has 0 bridgehead atoms. The van der Waals surface area contributed by atoms with Crippen molar-refractivity contribution >= 4 is 9.84 Å². The Bertz CT molecular complexity index is 1270. The molecule has 6 heteroatoms. The molecule has 2 atom stereocenters. The Morgan fingerprint density at radius 2 is 1.46 bits per heavy atom. The summed E-state index contributed by atoms with van der Waals surface area (Å²) in [6, 6.07) is 23.2. The fourth-order valence-corrected chi connectivity index (χ4v) is 7.03. The van der Waals surface area contributed by atoms with E-state index in [1.165, 1.54) is 5.56 Å². The van der Waals surface area contributed by atoms with E-state index in [4.69, 9.17) is 4.74 Å². The highest BCUT2D eigenvalue weighted by Crippen LogP contribution is 2.44. The van der Waals surface area contributed by atoms with Crippen molar-refractivity contribution in [1.29, 1.82) is 0 Å². The second kappa shape index (κ2) is 11.4. The number of rotatable bonds is 6. The summed E-state index contributed by atoms with van der Waals surface area (Å²) in [6.07, 6.45) is -0.849. The summed E-state index contributed by atoms with van der Waals surface area (Å²) in [5.74, 6) is 0.192. The number of fused-ring (bicyclic) bond motifs is 1. The first-order valence-corrected chi connectivity index (χ1v) is 14.6. The molecule has 5 nitrogen and oxygen atoms in total. The zero-order chi connectivity index (χ0) is 27.4. The standard InChI is InChI=1S/C29H36NO4S.C2H6/c1-29(2)20-35(32,33)26-9-7-6-8-25(26)27(28(29)31)23-14-16-24(17-15-23)34-19-22-12-10-21(11-13-22)18-30(3,4)5;1-2/h6-17,27-28,31H,18-20H2,1-5H3;1-2H3/q+1;/t27-,28-;/m0./s1. The molecule has 0 aliphatic carbocycles. The molecule has 0 saturated carbocycles. The van der Waals surface area contributed by atoms with E-state index in [0.29, 0.717) is 17.1 Å². The first kappa shape index (κ1) is 28.9. The van der Waals surface area contributed by atoms with Crippen molar-refractivity contribution in [2.24, 2.45) is 5.41 Å². The molecule has 1 heterocycles. The van der Waals surface area contributed by atoms with Crippen molar-refractivity contribution in [2.45, 2.75) is 57.8 Å². The van der Waals surface area contributed by atoms with Crippen LogP contribution in [0.5, 0.6) is 5.75 Å². The van der Waals surface area contributed by atoms with Gasteiger partial charge in [0.05, 0.1) is 37.9 Å². The molecule has 0 saturated heterocycles.